The second-order valence-electron chi connectivity index (χ2n) is 9.69. The number of ether oxygens (including phenoxy) is 1. The van der Waals surface area contributed by atoms with E-state index in [4.69, 9.17) is 39.5 Å². The van der Waals surface area contributed by atoms with E-state index in [1.165, 1.54) is 42.3 Å². The molecule has 1 atom stereocenters. The Morgan fingerprint density at radius 1 is 0.976 bits per heavy atom. The average molecular weight is 655 g/mol. The first-order chi connectivity index (χ1) is 19.9. The smallest absolute Gasteiger partial charge is 0.264 e. The number of anilines is 1. The third-order valence-corrected chi connectivity index (χ3v) is 9.49. The van der Waals surface area contributed by atoms with Crippen LogP contribution in [0.4, 0.5) is 5.69 Å². The van der Waals surface area contributed by atoms with Crippen LogP contribution in [0.15, 0.2) is 65.6 Å². The number of aryl methyl sites for hydroxylation is 1. The number of nitrogens with zero attached hydrogens (tertiary/aromatic N) is 2. The minimum absolute atomic E-state index is 0.0149. The summed E-state index contributed by atoms with van der Waals surface area (Å²) in [5.74, 6) is -0.695. The predicted molar refractivity (Wildman–Crippen MR) is 168 cm³/mol. The molecule has 0 aromatic heterocycles. The highest BCUT2D eigenvalue weighted by molar-refractivity contribution is 7.92. The van der Waals surface area contributed by atoms with Crippen molar-refractivity contribution in [2.24, 2.45) is 0 Å². The molecule has 0 spiro atoms. The fourth-order valence-electron chi connectivity index (χ4n) is 4.15. The van der Waals surface area contributed by atoms with E-state index in [1.807, 2.05) is 13.8 Å². The van der Waals surface area contributed by atoms with Crippen LogP contribution in [-0.4, -0.2) is 51.4 Å². The molecule has 2 amide bonds. The van der Waals surface area contributed by atoms with Crippen LogP contribution in [0.25, 0.3) is 0 Å². The van der Waals surface area contributed by atoms with Crippen LogP contribution in [-0.2, 0) is 26.2 Å². The van der Waals surface area contributed by atoms with Crippen LogP contribution in [0.2, 0.25) is 15.1 Å². The van der Waals surface area contributed by atoms with Gasteiger partial charge in [0.1, 0.15) is 18.3 Å². The monoisotopic (exact) mass is 653 g/mol. The molecule has 1 N–H and O–H groups in total. The molecule has 3 aromatic rings. The van der Waals surface area contributed by atoms with Gasteiger partial charge in [-0.1, -0.05) is 71.9 Å². The van der Waals surface area contributed by atoms with E-state index in [0.29, 0.717) is 27.9 Å². The molecule has 0 heterocycles. The number of sulfonamides is 1. The van der Waals surface area contributed by atoms with E-state index < -0.39 is 28.5 Å². The molecular formula is C30H34Cl3N3O5S. The molecule has 0 aliphatic heterocycles. The lowest BCUT2D eigenvalue weighted by Gasteiger charge is -2.32. The van der Waals surface area contributed by atoms with Gasteiger partial charge in [0.05, 0.1) is 22.7 Å². The van der Waals surface area contributed by atoms with Crippen LogP contribution in [0.5, 0.6) is 5.75 Å². The Kier molecular flexibility index (Phi) is 11.9. The first-order valence-electron chi connectivity index (χ1n) is 13.3. The topological polar surface area (TPSA) is 96.0 Å². The number of amides is 2. The number of unbranched alkanes of at least 4 members (excludes halogenated alkanes) is 1. The Morgan fingerprint density at radius 2 is 1.62 bits per heavy atom. The van der Waals surface area contributed by atoms with Gasteiger partial charge in [0.15, 0.2) is 0 Å². The van der Waals surface area contributed by atoms with Crippen molar-refractivity contribution in [1.82, 2.24) is 10.2 Å². The first-order valence-corrected chi connectivity index (χ1v) is 15.9. The summed E-state index contributed by atoms with van der Waals surface area (Å²) in [4.78, 5) is 28.4. The molecule has 1 unspecified atom stereocenters. The average Bonchev–Trinajstić information content (AvgIpc) is 2.95. The van der Waals surface area contributed by atoms with Crippen molar-refractivity contribution in [2.75, 3.05) is 24.5 Å². The molecule has 3 aromatic carbocycles. The van der Waals surface area contributed by atoms with Crippen molar-refractivity contribution >= 4 is 62.3 Å². The van der Waals surface area contributed by atoms with Crippen LogP contribution < -0.4 is 14.4 Å². The van der Waals surface area contributed by atoms with Crippen molar-refractivity contribution in [3.8, 4) is 5.75 Å². The zero-order valence-electron chi connectivity index (χ0n) is 23.9. The predicted octanol–water partition coefficient (Wildman–Crippen LogP) is 6.49. The Morgan fingerprint density at radius 3 is 2.19 bits per heavy atom. The molecule has 226 valence electrons. The minimum Gasteiger partial charge on any atom is -0.495 e. The molecule has 0 radical (unpaired) electrons. The van der Waals surface area contributed by atoms with Gasteiger partial charge in [-0.25, -0.2) is 8.42 Å². The molecule has 0 bridgehead atoms. The molecule has 0 fully saturated rings. The summed E-state index contributed by atoms with van der Waals surface area (Å²) in [6.07, 6.45) is 1.65. The summed E-state index contributed by atoms with van der Waals surface area (Å²) in [6, 6.07) is 14.7. The van der Waals surface area contributed by atoms with E-state index >= 15 is 0 Å². The summed E-state index contributed by atoms with van der Waals surface area (Å²) >= 11 is 19.2. The second kappa shape index (κ2) is 15.0. The summed E-state index contributed by atoms with van der Waals surface area (Å²) in [7, 11) is -2.81. The number of carbonyl (C=O) groups is 2. The summed E-state index contributed by atoms with van der Waals surface area (Å²) in [5, 5.41) is 3.62. The number of hydrogen-bond acceptors (Lipinski definition) is 5. The molecule has 0 aliphatic rings. The number of carbonyl (C=O) groups excluding carboxylic acids is 2. The lowest BCUT2D eigenvalue weighted by Crippen LogP contribution is -2.51. The van der Waals surface area contributed by atoms with Crippen molar-refractivity contribution in [1.29, 1.82) is 0 Å². The quantitative estimate of drug-likeness (QED) is 0.213. The number of rotatable bonds is 13. The van der Waals surface area contributed by atoms with Gasteiger partial charge in [-0.2, -0.15) is 0 Å². The van der Waals surface area contributed by atoms with Gasteiger partial charge in [0.25, 0.3) is 10.0 Å². The third kappa shape index (κ3) is 8.10. The van der Waals surface area contributed by atoms with E-state index in [2.05, 4.69) is 5.32 Å². The highest BCUT2D eigenvalue weighted by atomic mass is 35.5. The summed E-state index contributed by atoms with van der Waals surface area (Å²) in [5.41, 5.74) is 1.45. The van der Waals surface area contributed by atoms with Crippen molar-refractivity contribution in [3.63, 3.8) is 0 Å². The van der Waals surface area contributed by atoms with Gasteiger partial charge >= 0.3 is 0 Å². The number of benzene rings is 3. The van der Waals surface area contributed by atoms with E-state index in [9.17, 15) is 18.0 Å². The molecule has 0 saturated heterocycles. The zero-order chi connectivity index (χ0) is 31.0. The van der Waals surface area contributed by atoms with Gasteiger partial charge in [0.2, 0.25) is 11.8 Å². The first kappa shape index (κ1) is 33.5. The maximum atomic E-state index is 14.1. The maximum absolute atomic E-state index is 14.1. The fourth-order valence-corrected chi connectivity index (χ4v) is 6.32. The van der Waals surface area contributed by atoms with Gasteiger partial charge in [-0.3, -0.25) is 13.9 Å². The van der Waals surface area contributed by atoms with E-state index in [-0.39, 0.29) is 28.1 Å². The maximum Gasteiger partial charge on any atom is 0.264 e. The number of methoxy groups -OCH3 is 1. The highest BCUT2D eigenvalue weighted by Gasteiger charge is 2.33. The lowest BCUT2D eigenvalue weighted by molar-refractivity contribution is -0.139. The van der Waals surface area contributed by atoms with E-state index in [1.54, 1.807) is 37.3 Å². The normalized spacial score (nSPS) is 12.0. The standard InChI is InChI=1S/C30H34Cl3N3O5S/c1-5-6-16-34-30(38)21(3)35(18-24-25(31)8-7-9-26(24)32)29(37)19-36(22-12-15-28(41-4)27(33)17-22)42(39,40)23-13-10-20(2)11-14-23/h7-15,17,21H,5-6,16,18-19H2,1-4H3,(H,34,38). The van der Waals surface area contributed by atoms with Crippen LogP contribution in [0.3, 0.4) is 0 Å². The van der Waals surface area contributed by atoms with Crippen LogP contribution in [0.1, 0.15) is 37.8 Å². The summed E-state index contributed by atoms with van der Waals surface area (Å²) < 4.78 is 34.1. The molecule has 8 nitrogen and oxygen atoms in total. The van der Waals surface area contributed by atoms with Gasteiger partial charge in [-0.05, 0) is 62.7 Å². The van der Waals surface area contributed by atoms with Crippen LogP contribution >= 0.6 is 34.8 Å². The fraction of sp³-hybridized carbons (Fsp3) is 0.333. The molecule has 42 heavy (non-hydrogen) atoms. The van der Waals surface area contributed by atoms with Gasteiger partial charge < -0.3 is 15.0 Å². The minimum atomic E-state index is -4.25. The number of hydrogen-bond donors (Lipinski definition) is 1. The second-order valence-corrected chi connectivity index (χ2v) is 12.8. The number of halogens is 3. The van der Waals surface area contributed by atoms with Crippen molar-refractivity contribution < 1.29 is 22.7 Å². The third-order valence-electron chi connectivity index (χ3n) is 6.70. The lowest BCUT2D eigenvalue weighted by atomic mass is 10.1. The molecular weight excluding hydrogens is 621 g/mol. The Hall–Kier alpha value is -2.98. The Labute approximate surface area is 262 Å². The molecule has 12 heteroatoms. The largest absolute Gasteiger partial charge is 0.495 e. The highest BCUT2D eigenvalue weighted by Crippen LogP contribution is 2.33. The molecule has 0 saturated carbocycles. The SMILES string of the molecule is CCCCNC(=O)C(C)N(Cc1c(Cl)cccc1Cl)C(=O)CN(c1ccc(OC)c(Cl)c1)S(=O)(=O)c1ccc(C)cc1. The number of nitrogens with one attached hydrogen (secondary N) is 1. The van der Waals surface area contributed by atoms with Crippen molar-refractivity contribution in [3.05, 3.63) is 86.9 Å². The molecule has 0 aliphatic carbocycles. The Bertz CT molecular complexity index is 1500. The van der Waals surface area contributed by atoms with Gasteiger partial charge in [-0.15, -0.1) is 0 Å². The van der Waals surface area contributed by atoms with Crippen LogP contribution in [0, 0.1) is 6.92 Å². The van der Waals surface area contributed by atoms with Gasteiger partial charge in [0, 0.05) is 28.7 Å². The zero-order valence-corrected chi connectivity index (χ0v) is 26.9. The van der Waals surface area contributed by atoms with E-state index in [0.717, 1.165) is 22.7 Å². The summed E-state index contributed by atoms with van der Waals surface area (Å²) in [6.45, 7) is 5.10. The van der Waals surface area contributed by atoms with Crippen molar-refractivity contribution in [2.45, 2.75) is 51.1 Å². The Balaban J connectivity index is 2.08. The molecule has 3 rings (SSSR count).